The van der Waals surface area contributed by atoms with E-state index in [-0.39, 0.29) is 0 Å². The molecular formula is C20H18Cl2N2O3S. The Morgan fingerprint density at radius 1 is 1.21 bits per heavy atom. The Labute approximate surface area is 177 Å². The zero-order valence-electron chi connectivity index (χ0n) is 15.2. The third kappa shape index (κ3) is 4.51. The Hall–Kier alpha value is -2.02. The van der Waals surface area contributed by atoms with Crippen molar-refractivity contribution in [3.05, 3.63) is 63.6 Å². The number of aliphatic carboxylic acids is 1. The van der Waals surface area contributed by atoms with Gasteiger partial charge < -0.3 is 9.84 Å². The van der Waals surface area contributed by atoms with E-state index < -0.39 is 17.9 Å². The van der Waals surface area contributed by atoms with Crippen LogP contribution in [0.2, 0.25) is 10.0 Å². The zero-order chi connectivity index (χ0) is 20.3. The molecule has 0 radical (unpaired) electrons. The highest BCUT2D eigenvalue weighted by Gasteiger charge is 2.36. The van der Waals surface area contributed by atoms with Crippen LogP contribution in [0.5, 0.6) is 5.75 Å². The van der Waals surface area contributed by atoms with Crippen LogP contribution in [0, 0.1) is 5.92 Å². The lowest BCUT2D eigenvalue weighted by atomic mass is 9.89. The van der Waals surface area contributed by atoms with Crippen molar-refractivity contribution in [2.75, 3.05) is 7.11 Å². The number of nitrogens with zero attached hydrogens (tertiary/aromatic N) is 2. The molecule has 5 nitrogen and oxygen atoms in total. The van der Waals surface area contributed by atoms with Crippen LogP contribution in [-0.2, 0) is 10.5 Å². The number of hydrogen-bond donors (Lipinski definition) is 1. The van der Waals surface area contributed by atoms with E-state index in [1.165, 1.54) is 11.8 Å². The predicted octanol–water partition coefficient (Wildman–Crippen LogP) is 5.51. The largest absolute Gasteiger partial charge is 0.497 e. The Kier molecular flexibility index (Phi) is 6.65. The van der Waals surface area contributed by atoms with Crippen molar-refractivity contribution in [2.45, 2.75) is 18.7 Å². The Morgan fingerprint density at radius 3 is 2.57 bits per heavy atom. The maximum Gasteiger partial charge on any atom is 0.314 e. The highest BCUT2D eigenvalue weighted by molar-refractivity contribution is 8.13. The summed E-state index contributed by atoms with van der Waals surface area (Å²) in [4.78, 5) is 20.9. The highest BCUT2D eigenvalue weighted by atomic mass is 35.5. The first-order chi connectivity index (χ1) is 13.4. The molecule has 3 rings (SSSR count). The van der Waals surface area contributed by atoms with E-state index in [1.54, 1.807) is 32.2 Å². The van der Waals surface area contributed by atoms with E-state index in [1.807, 2.05) is 24.3 Å². The minimum absolute atomic E-state index is 0.318. The first-order valence-electron chi connectivity index (χ1n) is 8.46. The smallest absolute Gasteiger partial charge is 0.314 e. The Balaban J connectivity index is 1.88. The van der Waals surface area contributed by atoms with E-state index in [4.69, 9.17) is 27.9 Å². The average Bonchev–Trinajstić information content (AvgIpc) is 2.68. The second kappa shape index (κ2) is 8.99. The average molecular weight is 437 g/mol. The number of amidine groups is 1. The summed E-state index contributed by atoms with van der Waals surface area (Å²) in [6.45, 7) is 1.70. The van der Waals surface area contributed by atoms with Crippen molar-refractivity contribution in [1.29, 1.82) is 0 Å². The van der Waals surface area contributed by atoms with E-state index in [0.29, 0.717) is 32.2 Å². The topological polar surface area (TPSA) is 71.2 Å². The van der Waals surface area contributed by atoms with Gasteiger partial charge in [-0.15, -0.1) is 0 Å². The predicted molar refractivity (Wildman–Crippen MR) is 115 cm³/mol. The minimum Gasteiger partial charge on any atom is -0.497 e. The number of benzene rings is 2. The number of rotatable bonds is 5. The quantitative estimate of drug-likeness (QED) is 0.670. The maximum absolute atomic E-state index is 11.8. The lowest BCUT2D eigenvalue weighted by Crippen LogP contribution is -2.31. The van der Waals surface area contributed by atoms with Gasteiger partial charge in [-0.1, -0.05) is 59.2 Å². The normalized spacial score (nSPS) is 19.0. The SMILES string of the molecule is COc1ccc(CSC2=NC(c3cccc(Cl)c3Cl)C(C(=O)O)C(C)=N2)cc1. The van der Waals surface area contributed by atoms with Crippen LogP contribution in [0.15, 0.2) is 52.4 Å². The molecule has 0 spiro atoms. The molecule has 146 valence electrons. The van der Waals surface area contributed by atoms with Crippen LogP contribution in [0.25, 0.3) is 0 Å². The van der Waals surface area contributed by atoms with Crippen LogP contribution in [0.3, 0.4) is 0 Å². The minimum atomic E-state index is -0.995. The molecule has 1 N–H and O–H groups in total. The molecule has 0 bridgehead atoms. The van der Waals surface area contributed by atoms with Gasteiger partial charge in [0.05, 0.1) is 23.2 Å². The van der Waals surface area contributed by atoms with Crippen LogP contribution >= 0.6 is 35.0 Å². The molecule has 0 fully saturated rings. The van der Waals surface area contributed by atoms with Crippen molar-refractivity contribution in [3.63, 3.8) is 0 Å². The molecule has 0 aromatic heterocycles. The second-order valence-electron chi connectivity index (χ2n) is 6.21. The number of carboxylic acids is 1. The van der Waals surface area contributed by atoms with Gasteiger partial charge in [-0.2, -0.15) is 0 Å². The summed E-state index contributed by atoms with van der Waals surface area (Å²) in [6.07, 6.45) is 0. The van der Waals surface area contributed by atoms with Crippen LogP contribution in [-0.4, -0.2) is 29.1 Å². The molecule has 2 aromatic carbocycles. The van der Waals surface area contributed by atoms with Gasteiger partial charge in [0.2, 0.25) is 0 Å². The third-order valence-electron chi connectivity index (χ3n) is 4.38. The molecule has 0 saturated heterocycles. The van der Waals surface area contributed by atoms with E-state index in [9.17, 15) is 9.90 Å². The van der Waals surface area contributed by atoms with Gasteiger partial charge in [-0.25, -0.2) is 4.99 Å². The van der Waals surface area contributed by atoms with Crippen molar-refractivity contribution in [2.24, 2.45) is 15.9 Å². The number of carboxylic acid groups (broad SMARTS) is 1. The number of ether oxygens (including phenoxy) is 1. The number of aliphatic imine (C=N–C) groups is 2. The summed E-state index contributed by atoms with van der Waals surface area (Å²) in [5.41, 5.74) is 2.15. The lowest BCUT2D eigenvalue weighted by molar-refractivity contribution is -0.140. The molecule has 2 atom stereocenters. The first kappa shape index (κ1) is 20.7. The van der Waals surface area contributed by atoms with Gasteiger partial charge in [-0.05, 0) is 36.2 Å². The lowest BCUT2D eigenvalue weighted by Gasteiger charge is -2.26. The fourth-order valence-corrected chi connectivity index (χ4v) is 4.23. The molecule has 0 amide bonds. The van der Waals surface area contributed by atoms with Gasteiger partial charge in [-0.3, -0.25) is 9.79 Å². The number of halogens is 2. The van der Waals surface area contributed by atoms with Crippen molar-refractivity contribution >= 4 is 51.8 Å². The molecule has 8 heteroatoms. The van der Waals surface area contributed by atoms with E-state index >= 15 is 0 Å². The standard InChI is InChI=1S/C20H18Cl2N2O3S/c1-11-16(19(25)26)18(14-4-3-5-15(21)17(14)22)24-20(23-11)28-10-12-6-8-13(27-2)9-7-12/h3-9,16,18H,10H2,1-2H3,(H,25,26). The van der Waals surface area contributed by atoms with Gasteiger partial charge in [0.25, 0.3) is 0 Å². The van der Waals surface area contributed by atoms with Crippen LogP contribution in [0.4, 0.5) is 0 Å². The van der Waals surface area contributed by atoms with E-state index in [2.05, 4.69) is 9.98 Å². The van der Waals surface area contributed by atoms with E-state index in [0.717, 1.165) is 11.3 Å². The molecule has 1 aliphatic rings. The summed E-state index contributed by atoms with van der Waals surface area (Å²) in [5.74, 6) is -0.447. The molecule has 1 heterocycles. The van der Waals surface area contributed by atoms with Gasteiger partial charge >= 0.3 is 5.97 Å². The molecular weight excluding hydrogens is 419 g/mol. The fourth-order valence-electron chi connectivity index (χ4n) is 2.92. The molecule has 28 heavy (non-hydrogen) atoms. The first-order valence-corrected chi connectivity index (χ1v) is 10.2. The van der Waals surface area contributed by atoms with Gasteiger partial charge in [0, 0.05) is 11.5 Å². The number of thioether (sulfide) groups is 1. The number of hydrogen-bond acceptors (Lipinski definition) is 5. The highest BCUT2D eigenvalue weighted by Crippen LogP contribution is 2.39. The summed E-state index contributed by atoms with van der Waals surface area (Å²) in [5, 5.41) is 10.9. The van der Waals surface area contributed by atoms with Gasteiger partial charge in [0.1, 0.15) is 11.7 Å². The number of carbonyl (C=O) groups is 1. The fraction of sp³-hybridized carbons (Fsp3) is 0.250. The summed E-state index contributed by atoms with van der Waals surface area (Å²) < 4.78 is 5.16. The monoisotopic (exact) mass is 436 g/mol. The summed E-state index contributed by atoms with van der Waals surface area (Å²) in [7, 11) is 1.62. The van der Waals surface area contributed by atoms with Crippen molar-refractivity contribution in [1.82, 2.24) is 0 Å². The molecule has 2 unspecified atom stereocenters. The number of methoxy groups -OCH3 is 1. The zero-order valence-corrected chi connectivity index (χ0v) is 17.6. The molecule has 2 aromatic rings. The molecule has 0 aliphatic carbocycles. The summed E-state index contributed by atoms with van der Waals surface area (Å²) in [6, 6.07) is 12.2. The third-order valence-corrected chi connectivity index (χ3v) is 6.15. The Morgan fingerprint density at radius 2 is 1.93 bits per heavy atom. The Bertz CT molecular complexity index is 945. The maximum atomic E-state index is 11.8. The van der Waals surface area contributed by atoms with Gasteiger partial charge in [0.15, 0.2) is 5.17 Å². The van der Waals surface area contributed by atoms with Crippen molar-refractivity contribution < 1.29 is 14.6 Å². The van der Waals surface area contributed by atoms with Crippen LogP contribution in [0.1, 0.15) is 24.1 Å². The summed E-state index contributed by atoms with van der Waals surface area (Å²) >= 11 is 13.9. The molecule has 0 saturated carbocycles. The van der Waals surface area contributed by atoms with Crippen LogP contribution < -0.4 is 4.74 Å². The second-order valence-corrected chi connectivity index (χ2v) is 7.93. The molecule has 1 aliphatic heterocycles. The van der Waals surface area contributed by atoms with Crippen molar-refractivity contribution in [3.8, 4) is 5.75 Å².